The zero-order valence-corrected chi connectivity index (χ0v) is 11.6. The fraction of sp³-hybridized carbons (Fsp3) is 0.250. The first-order valence-corrected chi connectivity index (χ1v) is 6.57. The minimum atomic E-state index is -0.570. The third kappa shape index (κ3) is 3.13. The van der Waals surface area contributed by atoms with Gasteiger partial charge < -0.3 is 0 Å². The average Bonchev–Trinajstić information content (AvgIpc) is 2.36. The van der Waals surface area contributed by atoms with E-state index >= 15 is 0 Å². The normalized spacial score (nSPS) is 12.5. The largest absolute Gasteiger partial charge is 0.207 e. The van der Waals surface area contributed by atoms with Crippen LogP contribution in [0.1, 0.15) is 27.6 Å². The molecule has 0 heterocycles. The molecule has 100 valence electrons. The SMILES string of the molecule is Cc1cccc(C(Cl)Cc2ccc(F)cc2F)c1C. The van der Waals surface area contributed by atoms with Gasteiger partial charge in [-0.25, -0.2) is 8.78 Å². The lowest BCUT2D eigenvalue weighted by Crippen LogP contribution is -2.02. The number of benzene rings is 2. The fourth-order valence-corrected chi connectivity index (χ4v) is 2.51. The van der Waals surface area contributed by atoms with Crippen molar-refractivity contribution in [2.24, 2.45) is 0 Å². The second kappa shape index (κ2) is 5.70. The number of halogens is 3. The van der Waals surface area contributed by atoms with E-state index in [1.54, 1.807) is 0 Å². The van der Waals surface area contributed by atoms with E-state index in [0.717, 1.165) is 22.8 Å². The molecule has 0 aliphatic carbocycles. The van der Waals surface area contributed by atoms with Crippen LogP contribution in [0.4, 0.5) is 8.78 Å². The summed E-state index contributed by atoms with van der Waals surface area (Å²) >= 11 is 6.37. The standard InChI is InChI=1S/C16H15ClF2/c1-10-4-3-5-14(11(10)2)15(17)8-12-6-7-13(18)9-16(12)19/h3-7,9,15H,8H2,1-2H3. The van der Waals surface area contributed by atoms with Crippen molar-refractivity contribution in [1.29, 1.82) is 0 Å². The summed E-state index contributed by atoms with van der Waals surface area (Å²) in [4.78, 5) is 0. The number of hydrogen-bond acceptors (Lipinski definition) is 0. The third-order valence-corrected chi connectivity index (χ3v) is 3.79. The molecule has 0 nitrogen and oxygen atoms in total. The van der Waals surface area contributed by atoms with E-state index < -0.39 is 11.6 Å². The van der Waals surface area contributed by atoms with Crippen molar-refractivity contribution in [2.45, 2.75) is 25.6 Å². The molecule has 0 saturated carbocycles. The topological polar surface area (TPSA) is 0 Å². The molecule has 1 atom stereocenters. The van der Waals surface area contributed by atoms with Crippen LogP contribution in [0.25, 0.3) is 0 Å². The lowest BCUT2D eigenvalue weighted by molar-refractivity contribution is 0.570. The van der Waals surface area contributed by atoms with Crippen LogP contribution in [0.2, 0.25) is 0 Å². The van der Waals surface area contributed by atoms with Gasteiger partial charge in [-0.05, 0) is 48.6 Å². The third-order valence-electron chi connectivity index (χ3n) is 3.40. The maximum atomic E-state index is 13.6. The highest BCUT2D eigenvalue weighted by molar-refractivity contribution is 6.21. The molecular weight excluding hydrogens is 266 g/mol. The second-order valence-corrected chi connectivity index (χ2v) is 5.22. The predicted octanol–water partition coefficient (Wildman–Crippen LogP) is 5.10. The van der Waals surface area contributed by atoms with Crippen molar-refractivity contribution in [2.75, 3.05) is 0 Å². The lowest BCUT2D eigenvalue weighted by atomic mass is 9.97. The minimum Gasteiger partial charge on any atom is -0.207 e. The van der Waals surface area contributed by atoms with Gasteiger partial charge in [0.05, 0.1) is 5.38 Å². The molecule has 0 N–H and O–H groups in total. The van der Waals surface area contributed by atoms with Gasteiger partial charge in [0.2, 0.25) is 0 Å². The molecule has 0 aromatic heterocycles. The van der Waals surface area contributed by atoms with Gasteiger partial charge in [0.1, 0.15) is 11.6 Å². The molecule has 2 rings (SSSR count). The van der Waals surface area contributed by atoms with Crippen molar-refractivity contribution in [1.82, 2.24) is 0 Å². The monoisotopic (exact) mass is 280 g/mol. The molecule has 2 aromatic carbocycles. The quantitative estimate of drug-likeness (QED) is 0.686. The van der Waals surface area contributed by atoms with Crippen LogP contribution in [0.5, 0.6) is 0 Å². The summed E-state index contributed by atoms with van der Waals surface area (Å²) in [6.07, 6.45) is 0.345. The van der Waals surface area contributed by atoms with E-state index in [2.05, 4.69) is 0 Å². The molecular formula is C16H15ClF2. The van der Waals surface area contributed by atoms with E-state index in [-0.39, 0.29) is 5.38 Å². The van der Waals surface area contributed by atoms with E-state index in [4.69, 9.17) is 11.6 Å². The van der Waals surface area contributed by atoms with Crippen molar-refractivity contribution < 1.29 is 8.78 Å². The van der Waals surface area contributed by atoms with Gasteiger partial charge in [-0.3, -0.25) is 0 Å². The van der Waals surface area contributed by atoms with E-state index in [1.165, 1.54) is 12.1 Å². The predicted molar refractivity (Wildman–Crippen MR) is 74.6 cm³/mol. The maximum Gasteiger partial charge on any atom is 0.129 e. The Bertz CT molecular complexity index is 593. The number of rotatable bonds is 3. The van der Waals surface area contributed by atoms with Crippen LogP contribution < -0.4 is 0 Å². The second-order valence-electron chi connectivity index (χ2n) is 4.70. The van der Waals surface area contributed by atoms with Crippen molar-refractivity contribution >= 4 is 11.6 Å². The molecule has 19 heavy (non-hydrogen) atoms. The van der Waals surface area contributed by atoms with Gasteiger partial charge in [-0.2, -0.15) is 0 Å². The molecule has 0 saturated heterocycles. The molecule has 0 amide bonds. The molecule has 3 heteroatoms. The van der Waals surface area contributed by atoms with Gasteiger partial charge >= 0.3 is 0 Å². The fourth-order valence-electron chi connectivity index (χ4n) is 2.10. The molecule has 0 aliphatic heterocycles. The van der Waals surface area contributed by atoms with Gasteiger partial charge in [-0.1, -0.05) is 24.3 Å². The zero-order valence-electron chi connectivity index (χ0n) is 10.9. The lowest BCUT2D eigenvalue weighted by Gasteiger charge is -2.15. The molecule has 0 spiro atoms. The summed E-state index contributed by atoms with van der Waals surface area (Å²) < 4.78 is 26.5. The Morgan fingerprint density at radius 1 is 1.11 bits per heavy atom. The highest BCUT2D eigenvalue weighted by Gasteiger charge is 2.15. The van der Waals surface area contributed by atoms with Crippen LogP contribution in [0, 0.1) is 25.5 Å². The Labute approximate surface area is 117 Å². The first-order chi connectivity index (χ1) is 8.99. The molecule has 0 fully saturated rings. The number of aryl methyl sites for hydroxylation is 1. The molecule has 0 bridgehead atoms. The first-order valence-electron chi connectivity index (χ1n) is 6.13. The van der Waals surface area contributed by atoms with E-state index in [1.807, 2.05) is 32.0 Å². The highest BCUT2D eigenvalue weighted by atomic mass is 35.5. The van der Waals surface area contributed by atoms with Gasteiger partial charge in [0.25, 0.3) is 0 Å². The van der Waals surface area contributed by atoms with E-state index in [0.29, 0.717) is 12.0 Å². The molecule has 0 radical (unpaired) electrons. The molecule has 1 unspecified atom stereocenters. The average molecular weight is 281 g/mol. The summed E-state index contributed by atoms with van der Waals surface area (Å²) in [7, 11) is 0. The van der Waals surface area contributed by atoms with Crippen molar-refractivity contribution in [3.05, 3.63) is 70.3 Å². The Balaban J connectivity index is 2.25. The molecule has 0 aliphatic rings. The Morgan fingerprint density at radius 3 is 2.53 bits per heavy atom. The Morgan fingerprint density at radius 2 is 1.84 bits per heavy atom. The smallest absolute Gasteiger partial charge is 0.129 e. The highest BCUT2D eigenvalue weighted by Crippen LogP contribution is 2.29. The van der Waals surface area contributed by atoms with Crippen LogP contribution in [-0.4, -0.2) is 0 Å². The minimum absolute atomic E-state index is 0.320. The van der Waals surface area contributed by atoms with Gasteiger partial charge in [0, 0.05) is 6.07 Å². The molecule has 2 aromatic rings. The van der Waals surface area contributed by atoms with E-state index in [9.17, 15) is 8.78 Å². The summed E-state index contributed by atoms with van der Waals surface area (Å²) in [5.74, 6) is -1.12. The summed E-state index contributed by atoms with van der Waals surface area (Å²) in [6.45, 7) is 4.02. The maximum absolute atomic E-state index is 13.6. The summed E-state index contributed by atoms with van der Waals surface area (Å²) in [5.41, 5.74) is 3.69. The summed E-state index contributed by atoms with van der Waals surface area (Å²) in [5, 5.41) is -0.320. The van der Waals surface area contributed by atoms with Gasteiger partial charge in [0.15, 0.2) is 0 Å². The summed E-state index contributed by atoms with van der Waals surface area (Å²) in [6, 6.07) is 9.49. The number of hydrogen-bond donors (Lipinski definition) is 0. The van der Waals surface area contributed by atoms with Crippen LogP contribution >= 0.6 is 11.6 Å². The van der Waals surface area contributed by atoms with Crippen LogP contribution in [-0.2, 0) is 6.42 Å². The van der Waals surface area contributed by atoms with Crippen LogP contribution in [0.3, 0.4) is 0 Å². The van der Waals surface area contributed by atoms with Crippen molar-refractivity contribution in [3.8, 4) is 0 Å². The first kappa shape index (κ1) is 14.0. The Hall–Kier alpha value is -1.41. The van der Waals surface area contributed by atoms with Crippen LogP contribution in [0.15, 0.2) is 36.4 Å². The number of alkyl halides is 1. The Kier molecular flexibility index (Phi) is 4.20. The zero-order chi connectivity index (χ0) is 14.0. The van der Waals surface area contributed by atoms with Gasteiger partial charge in [-0.15, -0.1) is 11.6 Å². The van der Waals surface area contributed by atoms with Crippen molar-refractivity contribution in [3.63, 3.8) is 0 Å².